The smallest absolute Gasteiger partial charge is 0.344 e. The number of rotatable bonds is 13. The second-order valence-corrected chi connectivity index (χ2v) is 18.4. The third kappa shape index (κ3) is 8.37. The lowest BCUT2D eigenvalue weighted by molar-refractivity contribution is -0.154. The fraction of sp³-hybridized carbons (Fsp3) is 0.625. The summed E-state index contributed by atoms with van der Waals surface area (Å²) in [6.07, 6.45) is 17.5. The molecule has 0 spiro atoms. The van der Waals surface area contributed by atoms with Crippen LogP contribution in [-0.2, 0) is 9.53 Å². The SMILES string of the molecule is CCOc1ccc(Oc2c(C)oc3cc(OCC(=O)O[C@@H]4CC[C@]5(C)C(=CC[C@H]6[C@H]7CC[C@@H]([C@@H](C)CCCC(C)C)C[C@]7(C)CC[C@H]65)C4)ccc3c2=O)cc1. The molecule has 0 unspecified atom stereocenters. The van der Waals surface area contributed by atoms with Crippen molar-refractivity contribution in [1.82, 2.24) is 0 Å². The normalized spacial score (nSPS) is 29.4. The van der Waals surface area contributed by atoms with Crippen molar-refractivity contribution >= 4 is 16.9 Å². The summed E-state index contributed by atoms with van der Waals surface area (Å²) in [6.45, 7) is 16.4. The number of fused-ring (bicyclic) bond motifs is 6. The fourth-order valence-electron chi connectivity index (χ4n) is 11.3. The second kappa shape index (κ2) is 16.4. The number of allylic oxidation sites excluding steroid dienone is 1. The van der Waals surface area contributed by atoms with Crippen LogP contribution in [0.5, 0.6) is 23.0 Å². The van der Waals surface area contributed by atoms with E-state index in [1.165, 1.54) is 63.4 Å². The molecule has 0 N–H and O–H groups in total. The van der Waals surface area contributed by atoms with Crippen LogP contribution in [-0.4, -0.2) is 25.3 Å². The van der Waals surface area contributed by atoms with Crippen molar-refractivity contribution < 1.29 is 28.2 Å². The molecular formula is C48H64O7. The Morgan fingerprint density at radius 2 is 1.67 bits per heavy atom. The molecule has 3 fully saturated rings. The molecule has 3 saturated carbocycles. The summed E-state index contributed by atoms with van der Waals surface area (Å²) in [5.74, 6) is 6.67. The molecule has 2 aromatic carbocycles. The zero-order valence-electron chi connectivity index (χ0n) is 34.4. The average Bonchev–Trinajstić information content (AvgIpc) is 3.15. The summed E-state index contributed by atoms with van der Waals surface area (Å²) in [7, 11) is 0. The van der Waals surface area contributed by atoms with Gasteiger partial charge in [0.2, 0.25) is 11.2 Å². The maximum atomic E-state index is 13.3. The highest BCUT2D eigenvalue weighted by atomic mass is 16.6. The lowest BCUT2D eigenvalue weighted by atomic mass is 9.44. The summed E-state index contributed by atoms with van der Waals surface area (Å²) in [4.78, 5) is 26.4. The van der Waals surface area contributed by atoms with E-state index in [2.05, 4.69) is 40.7 Å². The van der Waals surface area contributed by atoms with Gasteiger partial charge in [0, 0.05) is 12.5 Å². The monoisotopic (exact) mass is 752 g/mol. The van der Waals surface area contributed by atoms with Crippen molar-refractivity contribution in [1.29, 1.82) is 0 Å². The highest BCUT2D eigenvalue weighted by Crippen LogP contribution is 2.65. The highest BCUT2D eigenvalue weighted by Gasteiger charge is 2.56. The Morgan fingerprint density at radius 3 is 2.44 bits per heavy atom. The number of hydrogen-bond donors (Lipinski definition) is 0. The number of ether oxygens (including phenoxy) is 4. The molecule has 1 aromatic heterocycles. The van der Waals surface area contributed by atoms with Crippen molar-refractivity contribution in [3.05, 3.63) is 70.1 Å². The average molecular weight is 753 g/mol. The van der Waals surface area contributed by atoms with Gasteiger partial charge in [0.25, 0.3) is 0 Å². The fourth-order valence-corrected chi connectivity index (χ4v) is 11.3. The van der Waals surface area contributed by atoms with Crippen LogP contribution in [0.25, 0.3) is 11.0 Å². The van der Waals surface area contributed by atoms with Crippen molar-refractivity contribution in [2.45, 2.75) is 132 Å². The van der Waals surface area contributed by atoms with Gasteiger partial charge in [-0.2, -0.15) is 0 Å². The molecule has 4 aliphatic carbocycles. The molecule has 0 radical (unpaired) electrons. The van der Waals surface area contributed by atoms with Crippen LogP contribution in [0, 0.1) is 53.3 Å². The summed E-state index contributed by atoms with van der Waals surface area (Å²) >= 11 is 0. The van der Waals surface area contributed by atoms with Gasteiger partial charge in [0.1, 0.15) is 34.7 Å². The van der Waals surface area contributed by atoms with Gasteiger partial charge in [0.15, 0.2) is 6.61 Å². The molecule has 7 nitrogen and oxygen atoms in total. The van der Waals surface area contributed by atoms with E-state index in [1.54, 1.807) is 49.4 Å². The Kier molecular flexibility index (Phi) is 11.8. The lowest BCUT2D eigenvalue weighted by Gasteiger charge is -2.61. The first-order valence-electron chi connectivity index (χ1n) is 21.4. The first kappa shape index (κ1) is 39.5. The minimum atomic E-state index is -0.372. The number of carbonyl (C=O) groups excluding carboxylic acids is 1. The quantitative estimate of drug-likeness (QED) is 0.127. The molecule has 3 aromatic rings. The molecule has 7 heteroatoms. The van der Waals surface area contributed by atoms with E-state index < -0.39 is 0 Å². The van der Waals surface area contributed by atoms with Crippen LogP contribution < -0.4 is 19.6 Å². The number of esters is 1. The molecule has 8 atom stereocenters. The van der Waals surface area contributed by atoms with Gasteiger partial charge in [-0.3, -0.25) is 4.79 Å². The summed E-state index contributed by atoms with van der Waals surface area (Å²) in [5, 5.41) is 0.368. The molecule has 298 valence electrons. The van der Waals surface area contributed by atoms with E-state index in [9.17, 15) is 9.59 Å². The Hall–Kier alpha value is -3.74. The third-order valence-corrected chi connectivity index (χ3v) is 14.4. The largest absolute Gasteiger partial charge is 0.494 e. The lowest BCUT2D eigenvalue weighted by Crippen LogP contribution is -2.52. The number of benzene rings is 2. The first-order valence-corrected chi connectivity index (χ1v) is 21.4. The molecular weight excluding hydrogens is 689 g/mol. The van der Waals surface area contributed by atoms with E-state index in [0.29, 0.717) is 40.3 Å². The number of aryl methyl sites for hydroxylation is 1. The second-order valence-electron chi connectivity index (χ2n) is 18.4. The van der Waals surface area contributed by atoms with Crippen LogP contribution in [0.2, 0.25) is 0 Å². The van der Waals surface area contributed by atoms with Gasteiger partial charge in [-0.1, -0.05) is 65.5 Å². The van der Waals surface area contributed by atoms with E-state index >= 15 is 0 Å². The molecule has 0 aliphatic heterocycles. The summed E-state index contributed by atoms with van der Waals surface area (Å²) in [6, 6.07) is 12.1. The van der Waals surface area contributed by atoms with Crippen LogP contribution in [0.4, 0.5) is 0 Å². The predicted octanol–water partition coefficient (Wildman–Crippen LogP) is 12.0. The zero-order valence-corrected chi connectivity index (χ0v) is 34.4. The van der Waals surface area contributed by atoms with Gasteiger partial charge in [0.05, 0.1) is 12.0 Å². The van der Waals surface area contributed by atoms with E-state index in [4.69, 9.17) is 23.4 Å². The van der Waals surface area contributed by atoms with Gasteiger partial charge in [-0.05, 0) is 148 Å². The van der Waals surface area contributed by atoms with Gasteiger partial charge >= 0.3 is 5.97 Å². The van der Waals surface area contributed by atoms with Crippen LogP contribution in [0.1, 0.15) is 124 Å². The van der Waals surface area contributed by atoms with Gasteiger partial charge < -0.3 is 23.4 Å². The topological polar surface area (TPSA) is 84.2 Å². The molecule has 4 aliphatic rings. The van der Waals surface area contributed by atoms with Crippen molar-refractivity contribution in [2.75, 3.05) is 13.2 Å². The van der Waals surface area contributed by atoms with Crippen molar-refractivity contribution in [2.24, 2.45) is 46.3 Å². The molecule has 1 heterocycles. The summed E-state index contributed by atoms with van der Waals surface area (Å²) in [5.41, 5.74) is 2.29. The Bertz CT molecular complexity index is 1910. The Balaban J connectivity index is 0.925. The molecule has 7 rings (SSSR count). The third-order valence-electron chi connectivity index (χ3n) is 14.4. The van der Waals surface area contributed by atoms with E-state index in [-0.39, 0.29) is 35.3 Å². The first-order chi connectivity index (χ1) is 26.4. The Morgan fingerprint density at radius 1 is 0.909 bits per heavy atom. The molecule has 0 amide bonds. The van der Waals surface area contributed by atoms with Gasteiger partial charge in [-0.15, -0.1) is 0 Å². The maximum absolute atomic E-state index is 13.3. The maximum Gasteiger partial charge on any atom is 0.344 e. The van der Waals surface area contributed by atoms with Crippen LogP contribution in [0.15, 0.2) is 63.3 Å². The molecule has 0 bridgehead atoms. The Labute approximate surface area is 328 Å². The minimum Gasteiger partial charge on any atom is -0.494 e. The van der Waals surface area contributed by atoms with Crippen molar-refractivity contribution in [3.8, 4) is 23.0 Å². The van der Waals surface area contributed by atoms with Gasteiger partial charge in [-0.25, -0.2) is 4.79 Å². The highest BCUT2D eigenvalue weighted by molar-refractivity contribution is 5.80. The zero-order chi connectivity index (χ0) is 38.9. The number of carbonyl (C=O) groups is 1. The van der Waals surface area contributed by atoms with E-state index in [0.717, 1.165) is 60.5 Å². The number of hydrogen-bond acceptors (Lipinski definition) is 7. The minimum absolute atomic E-state index is 0.125. The standard InChI is InChI=1S/C48H64O7/c1-8-51-35-14-16-36(17-15-35)55-46-32(5)53-43-27-37(18-20-40(43)45(46)50)52-29-44(49)54-38-22-25-48(7)34(26-38)13-19-39-41-21-12-33(31(4)11-9-10-30(2)3)28-47(41,6)24-23-42(39)48/h13-18,20,27,30-31,33,38-39,41-42H,8-12,19,21-26,28-29H2,1-7H3/t31-,33+,38+,39-,41+,42+,47-,48+/m0/s1. The predicted molar refractivity (Wildman–Crippen MR) is 218 cm³/mol. The summed E-state index contributed by atoms with van der Waals surface area (Å²) < 4.78 is 29.3. The van der Waals surface area contributed by atoms with Crippen LogP contribution in [0.3, 0.4) is 0 Å². The van der Waals surface area contributed by atoms with Crippen molar-refractivity contribution in [3.63, 3.8) is 0 Å². The van der Waals surface area contributed by atoms with E-state index in [1.807, 2.05) is 6.92 Å². The van der Waals surface area contributed by atoms with Crippen LogP contribution >= 0.6 is 0 Å². The molecule has 55 heavy (non-hydrogen) atoms. The molecule has 0 saturated heterocycles.